The van der Waals surface area contributed by atoms with E-state index in [9.17, 15) is 10.1 Å². The number of rotatable bonds is 4. The van der Waals surface area contributed by atoms with Gasteiger partial charge in [0.05, 0.1) is 10.5 Å². The third-order valence-electron chi connectivity index (χ3n) is 5.13. The minimum absolute atomic E-state index is 0.188. The van der Waals surface area contributed by atoms with Crippen LogP contribution in [-0.4, -0.2) is 29.0 Å². The zero-order chi connectivity index (χ0) is 15.4. The Labute approximate surface area is 132 Å². The van der Waals surface area contributed by atoms with Crippen LogP contribution in [0, 0.1) is 16.0 Å². The monoisotopic (exact) mass is 300 g/mol. The van der Waals surface area contributed by atoms with E-state index in [-0.39, 0.29) is 10.6 Å². The number of nitro benzene ring substituents is 1. The van der Waals surface area contributed by atoms with Gasteiger partial charge < -0.3 is 0 Å². The maximum Gasteiger partial charge on any atom is 0.276 e. The molecule has 1 aromatic rings. The van der Waals surface area contributed by atoms with Crippen molar-refractivity contribution < 1.29 is 4.92 Å². The number of likely N-dealkylation sites (tertiary alicyclic amines) is 1. The molecule has 2 aliphatic rings. The molecule has 22 heavy (non-hydrogen) atoms. The highest BCUT2D eigenvalue weighted by Gasteiger charge is 2.32. The van der Waals surface area contributed by atoms with Gasteiger partial charge in [-0.1, -0.05) is 37.1 Å². The van der Waals surface area contributed by atoms with Gasteiger partial charge in [0.25, 0.3) is 5.69 Å². The van der Waals surface area contributed by atoms with E-state index in [2.05, 4.69) is 11.0 Å². The number of hydrogen-bond acceptors (Lipinski definition) is 3. The van der Waals surface area contributed by atoms with Crippen LogP contribution < -0.4 is 0 Å². The molecule has 2 atom stereocenters. The molecule has 0 unspecified atom stereocenters. The van der Waals surface area contributed by atoms with Gasteiger partial charge in [0.2, 0.25) is 0 Å². The molecule has 2 fully saturated rings. The molecular weight excluding hydrogens is 276 g/mol. The second kappa shape index (κ2) is 7.05. The van der Waals surface area contributed by atoms with E-state index in [0.717, 1.165) is 18.5 Å². The van der Waals surface area contributed by atoms with E-state index in [0.29, 0.717) is 5.56 Å². The van der Waals surface area contributed by atoms with Crippen molar-refractivity contribution in [2.45, 2.75) is 44.6 Å². The average Bonchev–Trinajstić information content (AvgIpc) is 2.55. The second-order valence-corrected chi connectivity index (χ2v) is 6.47. The summed E-state index contributed by atoms with van der Waals surface area (Å²) < 4.78 is 0. The third-order valence-corrected chi connectivity index (χ3v) is 5.13. The van der Waals surface area contributed by atoms with Gasteiger partial charge in [0.1, 0.15) is 0 Å². The van der Waals surface area contributed by atoms with Crippen LogP contribution in [0.5, 0.6) is 0 Å². The quantitative estimate of drug-likeness (QED) is 0.616. The van der Waals surface area contributed by atoms with E-state index >= 15 is 0 Å². The van der Waals surface area contributed by atoms with Crippen molar-refractivity contribution in [1.29, 1.82) is 0 Å². The zero-order valence-electron chi connectivity index (χ0n) is 13.0. The van der Waals surface area contributed by atoms with Crippen molar-refractivity contribution in [3.05, 3.63) is 46.0 Å². The van der Waals surface area contributed by atoms with Crippen molar-refractivity contribution in [3.63, 3.8) is 0 Å². The van der Waals surface area contributed by atoms with Crippen molar-refractivity contribution in [3.8, 4) is 0 Å². The Bertz CT molecular complexity index is 554. The summed E-state index contributed by atoms with van der Waals surface area (Å²) >= 11 is 0. The lowest BCUT2D eigenvalue weighted by molar-refractivity contribution is -0.385. The second-order valence-electron chi connectivity index (χ2n) is 6.47. The topological polar surface area (TPSA) is 46.4 Å². The summed E-state index contributed by atoms with van der Waals surface area (Å²) in [5.41, 5.74) is 0.887. The molecule has 1 heterocycles. The van der Waals surface area contributed by atoms with Crippen LogP contribution in [0.2, 0.25) is 0 Å². The van der Waals surface area contributed by atoms with E-state index in [1.165, 1.54) is 45.1 Å². The zero-order valence-corrected chi connectivity index (χ0v) is 13.0. The van der Waals surface area contributed by atoms with Crippen molar-refractivity contribution in [2.75, 3.05) is 13.1 Å². The highest BCUT2D eigenvalue weighted by Crippen LogP contribution is 2.35. The van der Waals surface area contributed by atoms with Crippen LogP contribution in [0.1, 0.15) is 44.1 Å². The van der Waals surface area contributed by atoms with E-state index in [1.807, 2.05) is 18.2 Å². The van der Waals surface area contributed by atoms with Gasteiger partial charge >= 0.3 is 0 Å². The maximum atomic E-state index is 11.0. The van der Waals surface area contributed by atoms with E-state index < -0.39 is 0 Å². The molecule has 1 saturated carbocycles. The van der Waals surface area contributed by atoms with Crippen molar-refractivity contribution >= 4 is 11.8 Å². The Morgan fingerprint density at radius 1 is 1.18 bits per heavy atom. The molecule has 0 bridgehead atoms. The van der Waals surface area contributed by atoms with Gasteiger partial charge in [-0.05, 0) is 44.2 Å². The van der Waals surface area contributed by atoms with Gasteiger partial charge in [-0.3, -0.25) is 15.0 Å². The molecule has 4 nitrogen and oxygen atoms in total. The largest absolute Gasteiger partial charge is 0.296 e. The first-order valence-electron chi connectivity index (χ1n) is 8.40. The molecule has 1 aliphatic carbocycles. The van der Waals surface area contributed by atoms with Gasteiger partial charge in [-0.25, -0.2) is 0 Å². The summed E-state index contributed by atoms with van der Waals surface area (Å²) in [5, 5.41) is 11.0. The summed E-state index contributed by atoms with van der Waals surface area (Å²) in [7, 11) is 0. The number of benzene rings is 1. The minimum atomic E-state index is -0.308. The molecule has 0 aromatic heterocycles. The molecule has 4 heteroatoms. The van der Waals surface area contributed by atoms with Gasteiger partial charge in [-0.15, -0.1) is 0 Å². The molecule has 1 aliphatic heterocycles. The van der Waals surface area contributed by atoms with Crippen LogP contribution in [0.3, 0.4) is 0 Å². The minimum Gasteiger partial charge on any atom is -0.296 e. The summed E-state index contributed by atoms with van der Waals surface area (Å²) in [5.74, 6) is 0.877. The highest BCUT2D eigenvalue weighted by atomic mass is 16.6. The first-order valence-corrected chi connectivity index (χ1v) is 8.40. The predicted octanol–water partition coefficient (Wildman–Crippen LogP) is 4.26. The third kappa shape index (κ3) is 3.38. The Hall–Kier alpha value is -1.68. The van der Waals surface area contributed by atoms with Crippen molar-refractivity contribution in [2.24, 2.45) is 5.92 Å². The fourth-order valence-electron chi connectivity index (χ4n) is 4.06. The number of para-hydroxylation sites is 1. The summed E-state index contributed by atoms with van der Waals surface area (Å²) in [4.78, 5) is 13.3. The summed E-state index contributed by atoms with van der Waals surface area (Å²) in [6, 6.07) is 7.68. The predicted molar refractivity (Wildman–Crippen MR) is 88.7 cm³/mol. The van der Waals surface area contributed by atoms with E-state index in [4.69, 9.17) is 0 Å². The Balaban J connectivity index is 1.65. The van der Waals surface area contributed by atoms with Crippen LogP contribution in [-0.2, 0) is 0 Å². The van der Waals surface area contributed by atoms with Gasteiger partial charge in [-0.2, -0.15) is 0 Å². The summed E-state index contributed by atoms with van der Waals surface area (Å²) in [6.45, 7) is 2.08. The first kappa shape index (κ1) is 15.2. The van der Waals surface area contributed by atoms with Crippen LogP contribution in [0.25, 0.3) is 6.08 Å². The normalized spacial score (nSPS) is 26.0. The molecule has 0 spiro atoms. The first-order chi connectivity index (χ1) is 10.8. The lowest BCUT2D eigenvalue weighted by atomic mass is 9.78. The number of hydrogen-bond donors (Lipinski definition) is 0. The lowest BCUT2D eigenvalue weighted by Crippen LogP contribution is -2.46. The van der Waals surface area contributed by atoms with Crippen molar-refractivity contribution in [1.82, 2.24) is 4.90 Å². The average molecular weight is 300 g/mol. The SMILES string of the molecule is O=[N+]([O-])c1ccccc1/C=C/CN1CCC[C@H]2CCCC[C@@H]21. The van der Waals surface area contributed by atoms with Gasteiger partial charge in [0, 0.05) is 18.7 Å². The highest BCUT2D eigenvalue weighted by molar-refractivity contribution is 5.60. The van der Waals surface area contributed by atoms with Crippen LogP contribution in [0.4, 0.5) is 5.69 Å². The fraction of sp³-hybridized carbons (Fsp3) is 0.556. The number of piperidine rings is 1. The number of nitrogens with zero attached hydrogens (tertiary/aromatic N) is 2. The lowest BCUT2D eigenvalue weighted by Gasteiger charge is -2.43. The Morgan fingerprint density at radius 3 is 2.82 bits per heavy atom. The van der Waals surface area contributed by atoms with E-state index in [1.54, 1.807) is 12.1 Å². The Morgan fingerprint density at radius 2 is 1.95 bits per heavy atom. The molecule has 1 aromatic carbocycles. The Kier molecular flexibility index (Phi) is 4.88. The van der Waals surface area contributed by atoms with Crippen LogP contribution in [0.15, 0.2) is 30.3 Å². The number of fused-ring (bicyclic) bond motifs is 1. The molecule has 1 saturated heterocycles. The molecule has 0 amide bonds. The maximum absolute atomic E-state index is 11.0. The number of nitro groups is 1. The molecule has 3 rings (SSSR count). The standard InChI is InChI=1S/C18H24N2O2/c21-20(22)18-12-4-2-8-16(18)10-6-14-19-13-5-9-15-7-1-3-11-17(15)19/h2,4,6,8,10,12,15,17H,1,3,5,7,9,11,13-14H2/b10-6+/t15-,17+/m1/s1. The van der Waals surface area contributed by atoms with Gasteiger partial charge in [0.15, 0.2) is 0 Å². The molecule has 118 valence electrons. The molecule has 0 radical (unpaired) electrons. The fourth-order valence-corrected chi connectivity index (χ4v) is 4.06. The molecular formula is C18H24N2O2. The van der Waals surface area contributed by atoms with Crippen LogP contribution >= 0.6 is 0 Å². The smallest absolute Gasteiger partial charge is 0.276 e. The molecule has 0 N–H and O–H groups in total. The summed E-state index contributed by atoms with van der Waals surface area (Å²) in [6.07, 6.45) is 12.1.